The summed E-state index contributed by atoms with van der Waals surface area (Å²) in [6.07, 6.45) is 0.910. The van der Waals surface area contributed by atoms with Crippen LogP contribution in [-0.2, 0) is 9.47 Å². The summed E-state index contributed by atoms with van der Waals surface area (Å²) in [5.41, 5.74) is -0.642. The van der Waals surface area contributed by atoms with E-state index in [1.165, 1.54) is 14.2 Å². The van der Waals surface area contributed by atoms with E-state index in [1.807, 2.05) is 0 Å². The Labute approximate surface area is 78.1 Å². The van der Waals surface area contributed by atoms with Gasteiger partial charge in [0.05, 0.1) is 11.5 Å². The first-order chi connectivity index (χ1) is 6.20. The van der Waals surface area contributed by atoms with Gasteiger partial charge in [-0.2, -0.15) is 5.26 Å². The van der Waals surface area contributed by atoms with Crippen LogP contribution in [0.2, 0.25) is 0 Å². The number of methoxy groups -OCH3 is 2. The average molecular weight is 185 g/mol. The van der Waals surface area contributed by atoms with Gasteiger partial charge < -0.3 is 14.6 Å². The van der Waals surface area contributed by atoms with Crippen molar-refractivity contribution < 1.29 is 14.6 Å². The Bertz CT molecular complexity index is 203. The third-order valence-corrected chi connectivity index (χ3v) is 2.76. The zero-order valence-corrected chi connectivity index (χ0v) is 7.99. The van der Waals surface area contributed by atoms with Gasteiger partial charge in [0.2, 0.25) is 0 Å². The van der Waals surface area contributed by atoms with Crippen LogP contribution in [0.15, 0.2) is 0 Å². The number of nitriles is 1. The highest BCUT2D eigenvalue weighted by molar-refractivity contribution is 5.09. The van der Waals surface area contributed by atoms with Crippen molar-refractivity contribution in [3.05, 3.63) is 0 Å². The van der Waals surface area contributed by atoms with Crippen molar-refractivity contribution >= 4 is 0 Å². The fraction of sp³-hybridized carbons (Fsp3) is 0.889. The topological polar surface area (TPSA) is 62.5 Å². The summed E-state index contributed by atoms with van der Waals surface area (Å²) in [6, 6.07) is 2.15. The summed E-state index contributed by atoms with van der Waals surface area (Å²) in [4.78, 5) is 0. The van der Waals surface area contributed by atoms with E-state index in [0.29, 0.717) is 0 Å². The molecular weight excluding hydrogens is 170 g/mol. The molecular formula is C9H15NO3. The van der Waals surface area contributed by atoms with E-state index >= 15 is 0 Å². The molecule has 1 fully saturated rings. The fourth-order valence-electron chi connectivity index (χ4n) is 1.65. The number of rotatable bonds is 4. The number of aliphatic hydroxyl groups excluding tert-OH is 1. The Morgan fingerprint density at radius 3 is 2.15 bits per heavy atom. The fourth-order valence-corrected chi connectivity index (χ4v) is 1.65. The lowest BCUT2D eigenvalue weighted by atomic mass is 9.66. The predicted octanol–water partition coefficient (Wildman–Crippen LogP) is 0.660. The Morgan fingerprint density at radius 2 is 1.92 bits per heavy atom. The minimum absolute atomic E-state index is 0.642. The molecule has 0 aromatic rings. The van der Waals surface area contributed by atoms with Gasteiger partial charge in [0.1, 0.15) is 6.10 Å². The summed E-state index contributed by atoms with van der Waals surface area (Å²) in [7, 11) is 2.92. The molecule has 0 aromatic carbocycles. The first kappa shape index (κ1) is 10.5. The predicted molar refractivity (Wildman–Crippen MR) is 45.7 cm³/mol. The van der Waals surface area contributed by atoms with Crippen molar-refractivity contribution in [2.45, 2.75) is 31.7 Å². The maximum atomic E-state index is 9.81. The molecule has 1 atom stereocenters. The molecule has 1 unspecified atom stereocenters. The summed E-state index contributed by atoms with van der Waals surface area (Å²) >= 11 is 0. The highest BCUT2D eigenvalue weighted by Gasteiger charge is 2.47. The van der Waals surface area contributed by atoms with Gasteiger partial charge in [-0.3, -0.25) is 0 Å². The number of aliphatic hydroxyl groups is 1. The largest absolute Gasteiger partial charge is 0.386 e. The molecule has 13 heavy (non-hydrogen) atoms. The van der Waals surface area contributed by atoms with Crippen LogP contribution in [0.5, 0.6) is 0 Å². The van der Waals surface area contributed by atoms with Crippen molar-refractivity contribution in [1.82, 2.24) is 0 Å². The van der Waals surface area contributed by atoms with Crippen LogP contribution in [0, 0.1) is 16.7 Å². The molecule has 0 aliphatic heterocycles. The summed E-state index contributed by atoms with van der Waals surface area (Å²) in [5, 5.41) is 18.7. The van der Waals surface area contributed by atoms with Crippen LogP contribution in [0.3, 0.4) is 0 Å². The van der Waals surface area contributed by atoms with E-state index in [1.54, 1.807) is 0 Å². The van der Waals surface area contributed by atoms with E-state index in [0.717, 1.165) is 19.3 Å². The molecule has 0 radical (unpaired) electrons. The third kappa shape index (κ3) is 1.68. The van der Waals surface area contributed by atoms with E-state index in [9.17, 15) is 5.11 Å². The highest BCUT2D eigenvalue weighted by atomic mass is 16.7. The number of hydrogen-bond acceptors (Lipinski definition) is 4. The van der Waals surface area contributed by atoms with Crippen LogP contribution < -0.4 is 0 Å². The lowest BCUT2D eigenvalue weighted by molar-refractivity contribution is -0.200. The molecule has 1 N–H and O–H groups in total. The van der Waals surface area contributed by atoms with Crippen LogP contribution in [0.4, 0.5) is 0 Å². The quantitative estimate of drug-likeness (QED) is 0.653. The summed E-state index contributed by atoms with van der Waals surface area (Å²) in [5.74, 6) is 0. The van der Waals surface area contributed by atoms with Gasteiger partial charge in [0.15, 0.2) is 6.29 Å². The summed E-state index contributed by atoms with van der Waals surface area (Å²) < 4.78 is 9.84. The second kappa shape index (κ2) is 4.05. The lowest BCUT2D eigenvalue weighted by Crippen LogP contribution is -2.48. The van der Waals surface area contributed by atoms with E-state index in [-0.39, 0.29) is 0 Å². The van der Waals surface area contributed by atoms with Crippen molar-refractivity contribution in [3.8, 4) is 6.07 Å². The zero-order valence-electron chi connectivity index (χ0n) is 7.99. The van der Waals surface area contributed by atoms with Crippen molar-refractivity contribution in [2.75, 3.05) is 14.2 Å². The van der Waals surface area contributed by atoms with Gasteiger partial charge in [-0.25, -0.2) is 0 Å². The van der Waals surface area contributed by atoms with Crippen molar-refractivity contribution in [2.24, 2.45) is 5.41 Å². The molecule has 1 rings (SSSR count). The SMILES string of the molecule is COC(OC)C(O)C1(C#N)CCC1. The van der Waals surface area contributed by atoms with Gasteiger partial charge in [-0.1, -0.05) is 6.42 Å². The van der Waals surface area contributed by atoms with E-state index in [4.69, 9.17) is 14.7 Å². The second-order valence-electron chi connectivity index (χ2n) is 3.41. The standard InChI is InChI=1S/C9H15NO3/c1-12-8(13-2)7(11)9(6-10)4-3-5-9/h7-8,11H,3-5H2,1-2H3. The Kier molecular flexibility index (Phi) is 3.26. The minimum Gasteiger partial charge on any atom is -0.386 e. The monoisotopic (exact) mass is 185 g/mol. The molecule has 4 heteroatoms. The zero-order chi connectivity index (χ0) is 9.90. The van der Waals surface area contributed by atoms with Crippen LogP contribution in [-0.4, -0.2) is 31.7 Å². The van der Waals surface area contributed by atoms with Gasteiger partial charge in [-0.15, -0.1) is 0 Å². The second-order valence-corrected chi connectivity index (χ2v) is 3.41. The highest BCUT2D eigenvalue weighted by Crippen LogP contribution is 2.44. The normalized spacial score (nSPS) is 22.1. The Balaban J connectivity index is 2.64. The molecule has 0 amide bonds. The molecule has 1 aliphatic rings. The number of nitrogens with zero attached hydrogens (tertiary/aromatic N) is 1. The smallest absolute Gasteiger partial charge is 0.184 e. The van der Waals surface area contributed by atoms with Gasteiger partial charge in [0, 0.05) is 14.2 Å². The lowest BCUT2D eigenvalue weighted by Gasteiger charge is -2.41. The first-order valence-electron chi connectivity index (χ1n) is 4.35. The summed E-state index contributed by atoms with van der Waals surface area (Å²) in [6.45, 7) is 0. The third-order valence-electron chi connectivity index (χ3n) is 2.76. The van der Waals surface area contributed by atoms with Crippen LogP contribution >= 0.6 is 0 Å². The van der Waals surface area contributed by atoms with Gasteiger partial charge in [0.25, 0.3) is 0 Å². The van der Waals surface area contributed by atoms with Crippen LogP contribution in [0.25, 0.3) is 0 Å². The first-order valence-corrected chi connectivity index (χ1v) is 4.35. The van der Waals surface area contributed by atoms with E-state index in [2.05, 4.69) is 6.07 Å². The maximum Gasteiger partial charge on any atom is 0.184 e. The molecule has 0 bridgehead atoms. The molecule has 0 aromatic heterocycles. The molecule has 0 saturated heterocycles. The minimum atomic E-state index is -0.846. The average Bonchev–Trinajstić information content (AvgIpc) is 2.05. The maximum absolute atomic E-state index is 9.81. The molecule has 1 aliphatic carbocycles. The van der Waals surface area contributed by atoms with Gasteiger partial charge in [-0.05, 0) is 12.8 Å². The van der Waals surface area contributed by atoms with Crippen LogP contribution in [0.1, 0.15) is 19.3 Å². The molecule has 0 heterocycles. The van der Waals surface area contributed by atoms with Crippen molar-refractivity contribution in [1.29, 1.82) is 5.26 Å². The molecule has 0 spiro atoms. The number of ether oxygens (including phenoxy) is 2. The molecule has 1 saturated carbocycles. The number of hydrogen-bond donors (Lipinski definition) is 1. The molecule has 74 valence electrons. The van der Waals surface area contributed by atoms with Crippen molar-refractivity contribution in [3.63, 3.8) is 0 Å². The van der Waals surface area contributed by atoms with Gasteiger partial charge >= 0.3 is 0 Å². The Hall–Kier alpha value is -0.630. The Morgan fingerprint density at radius 1 is 1.38 bits per heavy atom. The van der Waals surface area contributed by atoms with E-state index < -0.39 is 17.8 Å². The molecule has 4 nitrogen and oxygen atoms in total.